The third-order valence-electron chi connectivity index (χ3n) is 3.21. The van der Waals surface area contributed by atoms with Crippen LogP contribution in [0.2, 0.25) is 0 Å². The minimum atomic E-state index is -0.839. The highest BCUT2D eigenvalue weighted by atomic mass is 16.4. The Balaban J connectivity index is 2.43. The number of fused-ring (bicyclic) bond motifs is 3. The molecule has 0 bridgehead atoms. The standard InChI is InChI=1S/C15H12O3/c1-9-12(8-14(16)17)15-11-5-3-2-4-10(11)6-7-13(15)18-9/h2-7H,8H2,1H3,(H,16,17). The number of benzene rings is 2. The number of aliphatic carboxylic acids is 1. The van der Waals surface area contributed by atoms with Crippen LogP contribution >= 0.6 is 0 Å². The summed E-state index contributed by atoms with van der Waals surface area (Å²) in [6.07, 6.45) is -0.00710. The van der Waals surface area contributed by atoms with Crippen molar-refractivity contribution in [3.63, 3.8) is 0 Å². The second kappa shape index (κ2) is 3.88. The molecule has 0 fully saturated rings. The van der Waals surface area contributed by atoms with Gasteiger partial charge in [-0.3, -0.25) is 4.79 Å². The fraction of sp³-hybridized carbons (Fsp3) is 0.133. The van der Waals surface area contributed by atoms with Crippen molar-refractivity contribution in [2.45, 2.75) is 13.3 Å². The highest BCUT2D eigenvalue weighted by Crippen LogP contribution is 2.32. The molecule has 3 nitrogen and oxygen atoms in total. The van der Waals surface area contributed by atoms with Crippen LogP contribution in [0.3, 0.4) is 0 Å². The maximum Gasteiger partial charge on any atom is 0.307 e. The molecule has 0 atom stereocenters. The summed E-state index contributed by atoms with van der Waals surface area (Å²) in [5.41, 5.74) is 1.52. The Hall–Kier alpha value is -2.29. The van der Waals surface area contributed by atoms with E-state index in [0.717, 1.165) is 27.3 Å². The maximum absolute atomic E-state index is 11.0. The highest BCUT2D eigenvalue weighted by molar-refractivity contribution is 6.08. The van der Waals surface area contributed by atoms with Crippen molar-refractivity contribution in [2.24, 2.45) is 0 Å². The number of hydrogen-bond donors (Lipinski definition) is 1. The molecule has 90 valence electrons. The van der Waals surface area contributed by atoms with Crippen molar-refractivity contribution in [3.8, 4) is 0 Å². The molecule has 1 N–H and O–H groups in total. The first-order chi connectivity index (χ1) is 8.66. The van der Waals surface area contributed by atoms with Crippen LogP contribution in [0.5, 0.6) is 0 Å². The van der Waals surface area contributed by atoms with E-state index >= 15 is 0 Å². The number of carbonyl (C=O) groups is 1. The Bertz CT molecular complexity index is 753. The Morgan fingerprint density at radius 3 is 2.78 bits per heavy atom. The van der Waals surface area contributed by atoms with Crippen molar-refractivity contribution in [2.75, 3.05) is 0 Å². The predicted molar refractivity (Wildman–Crippen MR) is 69.8 cm³/mol. The van der Waals surface area contributed by atoms with Crippen LogP contribution in [0.4, 0.5) is 0 Å². The summed E-state index contributed by atoms with van der Waals surface area (Å²) in [6, 6.07) is 11.8. The predicted octanol–water partition coefficient (Wildman–Crippen LogP) is 3.52. The van der Waals surface area contributed by atoms with Gasteiger partial charge in [-0.25, -0.2) is 0 Å². The topological polar surface area (TPSA) is 50.4 Å². The van der Waals surface area contributed by atoms with Crippen molar-refractivity contribution in [1.29, 1.82) is 0 Å². The van der Waals surface area contributed by atoms with Crippen molar-refractivity contribution < 1.29 is 14.3 Å². The minimum absolute atomic E-state index is 0.00710. The Morgan fingerprint density at radius 2 is 2.00 bits per heavy atom. The number of carboxylic acids is 1. The van der Waals surface area contributed by atoms with Gasteiger partial charge >= 0.3 is 5.97 Å². The number of carboxylic acid groups (broad SMARTS) is 1. The SMILES string of the molecule is Cc1oc2ccc3ccccc3c2c1CC(=O)O. The molecular weight excluding hydrogens is 228 g/mol. The molecule has 0 amide bonds. The van der Waals surface area contributed by atoms with Gasteiger partial charge in [0.05, 0.1) is 6.42 Å². The van der Waals surface area contributed by atoms with Gasteiger partial charge in [-0.2, -0.15) is 0 Å². The van der Waals surface area contributed by atoms with Gasteiger partial charge in [0, 0.05) is 10.9 Å². The van der Waals surface area contributed by atoms with Gasteiger partial charge in [-0.15, -0.1) is 0 Å². The Kier molecular flexibility index (Phi) is 2.33. The lowest BCUT2D eigenvalue weighted by Crippen LogP contribution is -2.00. The molecule has 0 unspecified atom stereocenters. The third-order valence-corrected chi connectivity index (χ3v) is 3.21. The third kappa shape index (κ3) is 1.56. The molecule has 1 heterocycles. The number of aryl methyl sites for hydroxylation is 1. The molecule has 3 rings (SSSR count). The fourth-order valence-electron chi connectivity index (χ4n) is 2.41. The van der Waals surface area contributed by atoms with Gasteiger partial charge < -0.3 is 9.52 Å². The average molecular weight is 240 g/mol. The van der Waals surface area contributed by atoms with Crippen LogP contribution in [-0.2, 0) is 11.2 Å². The van der Waals surface area contributed by atoms with E-state index in [2.05, 4.69) is 0 Å². The Morgan fingerprint density at radius 1 is 1.22 bits per heavy atom. The largest absolute Gasteiger partial charge is 0.481 e. The molecular formula is C15H12O3. The lowest BCUT2D eigenvalue weighted by Gasteiger charge is -2.00. The normalized spacial score (nSPS) is 11.2. The van der Waals surface area contributed by atoms with Crippen LogP contribution < -0.4 is 0 Å². The molecule has 3 heteroatoms. The zero-order valence-electron chi connectivity index (χ0n) is 9.93. The molecule has 18 heavy (non-hydrogen) atoms. The highest BCUT2D eigenvalue weighted by Gasteiger charge is 2.15. The molecule has 0 aliphatic carbocycles. The molecule has 0 spiro atoms. The number of rotatable bonds is 2. The summed E-state index contributed by atoms with van der Waals surface area (Å²) in [7, 11) is 0. The maximum atomic E-state index is 11.0. The monoisotopic (exact) mass is 240 g/mol. The zero-order chi connectivity index (χ0) is 12.7. The summed E-state index contributed by atoms with van der Waals surface area (Å²) < 4.78 is 5.64. The van der Waals surface area contributed by atoms with E-state index in [-0.39, 0.29) is 6.42 Å². The lowest BCUT2D eigenvalue weighted by molar-refractivity contribution is -0.136. The van der Waals surface area contributed by atoms with Crippen LogP contribution in [0.15, 0.2) is 40.8 Å². The molecule has 0 saturated heterocycles. The summed E-state index contributed by atoms with van der Waals surface area (Å²) >= 11 is 0. The zero-order valence-corrected chi connectivity index (χ0v) is 9.93. The molecule has 0 saturated carbocycles. The summed E-state index contributed by atoms with van der Waals surface area (Å²) in [5.74, 6) is -0.155. The van der Waals surface area contributed by atoms with Gasteiger partial charge in [0.2, 0.25) is 0 Å². The van der Waals surface area contributed by atoms with E-state index in [0.29, 0.717) is 5.76 Å². The van der Waals surface area contributed by atoms with E-state index < -0.39 is 5.97 Å². The molecule has 0 radical (unpaired) electrons. The number of furan rings is 1. The van der Waals surface area contributed by atoms with E-state index in [1.807, 2.05) is 43.3 Å². The van der Waals surface area contributed by atoms with Gasteiger partial charge in [0.25, 0.3) is 0 Å². The molecule has 1 aromatic heterocycles. The van der Waals surface area contributed by atoms with Crippen LogP contribution in [0.1, 0.15) is 11.3 Å². The molecule has 0 aliphatic heterocycles. The minimum Gasteiger partial charge on any atom is -0.481 e. The van der Waals surface area contributed by atoms with Crippen LogP contribution in [0.25, 0.3) is 21.7 Å². The van der Waals surface area contributed by atoms with Gasteiger partial charge in [0.1, 0.15) is 11.3 Å². The van der Waals surface area contributed by atoms with E-state index in [1.54, 1.807) is 0 Å². The van der Waals surface area contributed by atoms with Gasteiger partial charge in [-0.1, -0.05) is 30.3 Å². The van der Waals surface area contributed by atoms with Crippen LogP contribution in [0, 0.1) is 6.92 Å². The molecule has 0 aliphatic rings. The average Bonchev–Trinajstić information content (AvgIpc) is 2.66. The van der Waals surface area contributed by atoms with Crippen LogP contribution in [-0.4, -0.2) is 11.1 Å². The van der Waals surface area contributed by atoms with Crippen molar-refractivity contribution in [1.82, 2.24) is 0 Å². The molecule has 3 aromatic rings. The Labute approximate surface area is 104 Å². The first-order valence-electron chi connectivity index (χ1n) is 5.78. The second-order valence-corrected chi connectivity index (χ2v) is 4.37. The van der Waals surface area contributed by atoms with Crippen molar-refractivity contribution >= 4 is 27.7 Å². The van der Waals surface area contributed by atoms with E-state index in [9.17, 15) is 4.79 Å². The number of hydrogen-bond acceptors (Lipinski definition) is 2. The fourth-order valence-corrected chi connectivity index (χ4v) is 2.41. The van der Waals surface area contributed by atoms with Gasteiger partial charge in [-0.05, 0) is 23.8 Å². The van der Waals surface area contributed by atoms with E-state index in [1.165, 1.54) is 0 Å². The summed E-state index contributed by atoms with van der Waals surface area (Å²) in [4.78, 5) is 11.0. The van der Waals surface area contributed by atoms with Crippen molar-refractivity contribution in [3.05, 3.63) is 47.7 Å². The lowest BCUT2D eigenvalue weighted by atomic mass is 10.0. The molecule has 2 aromatic carbocycles. The first kappa shape index (κ1) is 10.8. The summed E-state index contributed by atoms with van der Waals surface area (Å²) in [6.45, 7) is 1.81. The second-order valence-electron chi connectivity index (χ2n) is 4.37. The first-order valence-corrected chi connectivity index (χ1v) is 5.78. The quantitative estimate of drug-likeness (QED) is 0.745. The van der Waals surface area contributed by atoms with E-state index in [4.69, 9.17) is 9.52 Å². The summed E-state index contributed by atoms with van der Waals surface area (Å²) in [5, 5.41) is 12.1. The van der Waals surface area contributed by atoms with Gasteiger partial charge in [0.15, 0.2) is 0 Å². The smallest absolute Gasteiger partial charge is 0.307 e.